The molecule has 1 heterocycles. The standard InChI is InChI=1S/C7H7IN2/c1-9-5-7-4-6(8)2-3-10-7/h2-5H,1H3. The number of nitrogens with zero attached hydrogens (tertiary/aromatic N) is 2. The van der Waals surface area contributed by atoms with Crippen molar-refractivity contribution in [2.45, 2.75) is 0 Å². The van der Waals surface area contributed by atoms with Crippen molar-refractivity contribution in [1.82, 2.24) is 4.98 Å². The normalized spacial score (nSPS) is 10.6. The van der Waals surface area contributed by atoms with Crippen molar-refractivity contribution in [2.75, 3.05) is 7.05 Å². The van der Waals surface area contributed by atoms with Gasteiger partial charge in [-0.05, 0) is 34.7 Å². The Hall–Kier alpha value is -0.450. The van der Waals surface area contributed by atoms with Crippen LogP contribution in [0.25, 0.3) is 0 Å². The van der Waals surface area contributed by atoms with Crippen LogP contribution in [0.4, 0.5) is 0 Å². The Morgan fingerprint density at radius 1 is 1.70 bits per heavy atom. The van der Waals surface area contributed by atoms with Crippen LogP contribution in [-0.4, -0.2) is 18.2 Å². The molecule has 0 aromatic carbocycles. The Bertz CT molecular complexity index is 245. The maximum atomic E-state index is 4.08. The molecule has 0 saturated carbocycles. The molecule has 0 spiro atoms. The molecule has 0 saturated heterocycles. The Morgan fingerprint density at radius 3 is 3.10 bits per heavy atom. The minimum Gasteiger partial charge on any atom is -0.294 e. The summed E-state index contributed by atoms with van der Waals surface area (Å²) in [7, 11) is 1.74. The predicted octanol–water partition coefficient (Wildman–Crippen LogP) is 1.73. The van der Waals surface area contributed by atoms with Gasteiger partial charge in [0, 0.05) is 23.0 Å². The van der Waals surface area contributed by atoms with Gasteiger partial charge in [-0.25, -0.2) is 0 Å². The number of halogens is 1. The van der Waals surface area contributed by atoms with Crippen LogP contribution >= 0.6 is 22.6 Å². The van der Waals surface area contributed by atoms with Crippen molar-refractivity contribution in [3.63, 3.8) is 0 Å². The highest BCUT2D eigenvalue weighted by atomic mass is 127. The van der Waals surface area contributed by atoms with Gasteiger partial charge >= 0.3 is 0 Å². The molecule has 0 aliphatic rings. The Morgan fingerprint density at radius 2 is 2.50 bits per heavy atom. The number of hydrogen-bond acceptors (Lipinski definition) is 2. The third-order valence-corrected chi connectivity index (χ3v) is 1.68. The summed E-state index contributed by atoms with van der Waals surface area (Å²) in [6.07, 6.45) is 3.51. The first kappa shape index (κ1) is 7.65. The smallest absolute Gasteiger partial charge is 0.0818 e. The second kappa shape index (κ2) is 3.65. The lowest BCUT2D eigenvalue weighted by Crippen LogP contribution is -1.86. The van der Waals surface area contributed by atoms with Crippen LogP contribution in [0, 0.1) is 3.57 Å². The van der Waals surface area contributed by atoms with E-state index in [2.05, 4.69) is 32.6 Å². The van der Waals surface area contributed by atoms with Crippen molar-refractivity contribution in [2.24, 2.45) is 4.99 Å². The Balaban J connectivity index is 2.95. The largest absolute Gasteiger partial charge is 0.294 e. The van der Waals surface area contributed by atoms with Gasteiger partial charge in [0.2, 0.25) is 0 Å². The summed E-state index contributed by atoms with van der Waals surface area (Å²) < 4.78 is 1.18. The van der Waals surface area contributed by atoms with Gasteiger partial charge in [-0.1, -0.05) is 0 Å². The summed E-state index contributed by atoms with van der Waals surface area (Å²) in [6, 6.07) is 3.93. The lowest BCUT2D eigenvalue weighted by atomic mass is 10.4. The molecule has 0 aliphatic carbocycles. The molecule has 0 aliphatic heterocycles. The van der Waals surface area contributed by atoms with E-state index in [4.69, 9.17) is 0 Å². The summed E-state index contributed by atoms with van der Waals surface area (Å²) in [5.74, 6) is 0. The molecule has 10 heavy (non-hydrogen) atoms. The first-order valence-corrected chi connectivity index (χ1v) is 3.94. The summed E-state index contributed by atoms with van der Waals surface area (Å²) >= 11 is 2.24. The van der Waals surface area contributed by atoms with E-state index in [9.17, 15) is 0 Å². The van der Waals surface area contributed by atoms with Gasteiger partial charge < -0.3 is 0 Å². The number of aliphatic imine (C=N–C) groups is 1. The van der Waals surface area contributed by atoms with Crippen molar-refractivity contribution >= 4 is 28.8 Å². The fourth-order valence-corrected chi connectivity index (χ4v) is 1.10. The zero-order chi connectivity index (χ0) is 7.40. The summed E-state index contributed by atoms with van der Waals surface area (Å²) in [5, 5.41) is 0. The molecule has 1 rings (SSSR count). The van der Waals surface area contributed by atoms with E-state index >= 15 is 0 Å². The van der Waals surface area contributed by atoms with Crippen molar-refractivity contribution in [3.8, 4) is 0 Å². The van der Waals surface area contributed by atoms with E-state index in [1.165, 1.54) is 3.57 Å². The Kier molecular flexibility index (Phi) is 2.80. The average molecular weight is 246 g/mol. The number of hydrogen-bond donors (Lipinski definition) is 0. The molecule has 0 N–H and O–H groups in total. The second-order valence-corrected chi connectivity index (χ2v) is 3.03. The number of pyridine rings is 1. The van der Waals surface area contributed by atoms with Gasteiger partial charge in [0.05, 0.1) is 5.69 Å². The zero-order valence-electron chi connectivity index (χ0n) is 5.58. The van der Waals surface area contributed by atoms with E-state index in [-0.39, 0.29) is 0 Å². The van der Waals surface area contributed by atoms with Crippen LogP contribution in [0.1, 0.15) is 5.69 Å². The Labute approximate surface area is 73.5 Å². The molecule has 1 aromatic heterocycles. The minimum absolute atomic E-state index is 0.911. The van der Waals surface area contributed by atoms with Crippen molar-refractivity contribution in [1.29, 1.82) is 0 Å². The molecule has 0 atom stereocenters. The highest BCUT2D eigenvalue weighted by molar-refractivity contribution is 14.1. The van der Waals surface area contributed by atoms with E-state index < -0.39 is 0 Å². The van der Waals surface area contributed by atoms with Crippen LogP contribution in [0.15, 0.2) is 23.3 Å². The molecule has 1 aromatic rings. The molecular weight excluding hydrogens is 239 g/mol. The van der Waals surface area contributed by atoms with Gasteiger partial charge in [-0.15, -0.1) is 0 Å². The second-order valence-electron chi connectivity index (χ2n) is 1.79. The van der Waals surface area contributed by atoms with E-state index in [1.807, 2.05) is 12.1 Å². The van der Waals surface area contributed by atoms with Crippen molar-refractivity contribution in [3.05, 3.63) is 27.6 Å². The molecule has 52 valence electrons. The SMILES string of the molecule is CN=Cc1cc(I)ccn1. The lowest BCUT2D eigenvalue weighted by molar-refractivity contribution is 1.28. The number of aromatic nitrogens is 1. The molecule has 0 unspecified atom stereocenters. The van der Waals surface area contributed by atoms with Gasteiger partial charge in [0.25, 0.3) is 0 Å². The predicted molar refractivity (Wildman–Crippen MR) is 50.5 cm³/mol. The third-order valence-electron chi connectivity index (χ3n) is 1.00. The highest BCUT2D eigenvalue weighted by Crippen LogP contribution is 2.02. The van der Waals surface area contributed by atoms with Crippen LogP contribution < -0.4 is 0 Å². The van der Waals surface area contributed by atoms with Crippen LogP contribution in [0.3, 0.4) is 0 Å². The molecule has 2 nitrogen and oxygen atoms in total. The van der Waals surface area contributed by atoms with Crippen LogP contribution in [-0.2, 0) is 0 Å². The maximum absolute atomic E-state index is 4.08. The molecular formula is C7H7IN2. The quantitative estimate of drug-likeness (QED) is 0.547. The fourth-order valence-electron chi connectivity index (χ4n) is 0.624. The first-order valence-electron chi connectivity index (χ1n) is 2.86. The number of rotatable bonds is 1. The van der Waals surface area contributed by atoms with E-state index in [0.29, 0.717) is 0 Å². The molecule has 0 bridgehead atoms. The van der Waals surface area contributed by atoms with Gasteiger partial charge in [-0.2, -0.15) is 0 Å². The summed E-state index contributed by atoms with van der Waals surface area (Å²) in [6.45, 7) is 0. The van der Waals surface area contributed by atoms with E-state index in [0.717, 1.165) is 5.69 Å². The highest BCUT2D eigenvalue weighted by Gasteiger charge is 1.88. The van der Waals surface area contributed by atoms with Gasteiger partial charge in [-0.3, -0.25) is 9.98 Å². The first-order chi connectivity index (χ1) is 4.83. The molecule has 0 amide bonds. The topological polar surface area (TPSA) is 25.2 Å². The van der Waals surface area contributed by atoms with Crippen molar-refractivity contribution < 1.29 is 0 Å². The average Bonchev–Trinajstić information content (AvgIpc) is 1.88. The monoisotopic (exact) mass is 246 g/mol. The van der Waals surface area contributed by atoms with E-state index in [1.54, 1.807) is 19.5 Å². The fraction of sp³-hybridized carbons (Fsp3) is 0.143. The summed E-state index contributed by atoms with van der Waals surface area (Å²) in [5.41, 5.74) is 0.911. The van der Waals surface area contributed by atoms with Crippen LogP contribution in [0.5, 0.6) is 0 Å². The van der Waals surface area contributed by atoms with Gasteiger partial charge in [0.15, 0.2) is 0 Å². The zero-order valence-corrected chi connectivity index (χ0v) is 7.74. The van der Waals surface area contributed by atoms with Crippen LogP contribution in [0.2, 0.25) is 0 Å². The minimum atomic E-state index is 0.911. The summed E-state index contributed by atoms with van der Waals surface area (Å²) in [4.78, 5) is 7.93. The molecule has 3 heteroatoms. The lowest BCUT2D eigenvalue weighted by Gasteiger charge is -1.90. The third kappa shape index (κ3) is 2.06. The maximum Gasteiger partial charge on any atom is 0.0818 e. The molecule has 0 fully saturated rings. The van der Waals surface area contributed by atoms with Gasteiger partial charge in [0.1, 0.15) is 0 Å². The molecule has 0 radical (unpaired) electrons.